The van der Waals surface area contributed by atoms with Crippen LogP contribution in [0.5, 0.6) is 0 Å². The molecule has 2 rings (SSSR count). The molecule has 0 aliphatic carbocycles. The van der Waals surface area contributed by atoms with Gasteiger partial charge in [-0.2, -0.15) is 0 Å². The Kier molecular flexibility index (Phi) is 4.88. The van der Waals surface area contributed by atoms with Crippen LogP contribution in [0.2, 0.25) is 0 Å². The lowest BCUT2D eigenvalue weighted by Gasteiger charge is -2.13. The number of benzene rings is 1. The SMILES string of the molecule is CCc1ccc(S(=O)(=O)Nc2ccccc2C(C)Br)s1. The summed E-state index contributed by atoms with van der Waals surface area (Å²) in [5.41, 5.74) is 1.53. The number of para-hydroxylation sites is 1. The molecule has 0 aliphatic heterocycles. The molecule has 1 unspecified atom stereocenters. The fourth-order valence-electron chi connectivity index (χ4n) is 1.82. The van der Waals surface area contributed by atoms with Crippen LogP contribution < -0.4 is 4.72 Å². The van der Waals surface area contributed by atoms with E-state index in [1.807, 2.05) is 38.1 Å². The van der Waals surface area contributed by atoms with Gasteiger partial charge in [0.05, 0.1) is 5.69 Å². The number of anilines is 1. The molecular formula is C14H16BrNO2S2. The molecule has 1 aromatic carbocycles. The Bertz CT molecular complexity index is 693. The molecule has 0 fully saturated rings. The summed E-state index contributed by atoms with van der Waals surface area (Å²) in [4.78, 5) is 1.14. The van der Waals surface area contributed by atoms with E-state index in [4.69, 9.17) is 0 Å². The summed E-state index contributed by atoms with van der Waals surface area (Å²) in [6.07, 6.45) is 0.842. The molecule has 108 valence electrons. The Morgan fingerprint density at radius 1 is 1.25 bits per heavy atom. The van der Waals surface area contributed by atoms with Crippen LogP contribution in [0.4, 0.5) is 5.69 Å². The standard InChI is InChI=1S/C14H16BrNO2S2/c1-3-11-8-9-14(19-11)20(17,18)16-13-7-5-4-6-12(13)10(2)15/h4-10,16H,3H2,1-2H3. The molecule has 1 atom stereocenters. The molecule has 0 bridgehead atoms. The van der Waals surface area contributed by atoms with Crippen LogP contribution in [0, 0.1) is 0 Å². The van der Waals surface area contributed by atoms with Crippen LogP contribution in [0.15, 0.2) is 40.6 Å². The van der Waals surface area contributed by atoms with Gasteiger partial charge >= 0.3 is 0 Å². The summed E-state index contributed by atoms with van der Waals surface area (Å²) in [6.45, 7) is 3.98. The molecule has 0 spiro atoms. The first kappa shape index (κ1) is 15.5. The van der Waals surface area contributed by atoms with Crippen molar-refractivity contribution in [3.05, 3.63) is 46.8 Å². The molecule has 2 aromatic rings. The van der Waals surface area contributed by atoms with Gasteiger partial charge in [-0.1, -0.05) is 41.1 Å². The Balaban J connectivity index is 2.33. The number of aryl methyl sites for hydroxylation is 1. The van der Waals surface area contributed by atoms with E-state index >= 15 is 0 Å². The topological polar surface area (TPSA) is 46.2 Å². The lowest BCUT2D eigenvalue weighted by Crippen LogP contribution is -2.13. The third-order valence-corrected chi connectivity index (χ3v) is 6.46. The van der Waals surface area contributed by atoms with Crippen LogP contribution in [-0.2, 0) is 16.4 Å². The molecule has 0 saturated carbocycles. The highest BCUT2D eigenvalue weighted by Gasteiger charge is 2.19. The molecule has 0 amide bonds. The first-order chi connectivity index (χ1) is 9.44. The minimum absolute atomic E-state index is 0.0796. The van der Waals surface area contributed by atoms with Crippen LogP contribution >= 0.6 is 27.3 Å². The zero-order chi connectivity index (χ0) is 14.8. The number of alkyl halides is 1. The van der Waals surface area contributed by atoms with Crippen molar-refractivity contribution in [1.82, 2.24) is 0 Å². The zero-order valence-electron chi connectivity index (χ0n) is 11.3. The van der Waals surface area contributed by atoms with Crippen LogP contribution in [-0.4, -0.2) is 8.42 Å². The Morgan fingerprint density at radius 2 is 1.95 bits per heavy atom. The van der Waals surface area contributed by atoms with Crippen molar-refractivity contribution in [1.29, 1.82) is 0 Å². The van der Waals surface area contributed by atoms with Gasteiger partial charge in [-0.3, -0.25) is 4.72 Å². The second kappa shape index (κ2) is 6.28. The van der Waals surface area contributed by atoms with E-state index < -0.39 is 10.0 Å². The Labute approximate surface area is 132 Å². The number of hydrogen-bond acceptors (Lipinski definition) is 3. The smallest absolute Gasteiger partial charge is 0.271 e. The van der Waals surface area contributed by atoms with Crippen LogP contribution in [0.3, 0.4) is 0 Å². The highest BCUT2D eigenvalue weighted by atomic mass is 79.9. The van der Waals surface area contributed by atoms with Crippen molar-refractivity contribution >= 4 is 43.0 Å². The quantitative estimate of drug-likeness (QED) is 0.780. The number of thiophene rings is 1. The highest BCUT2D eigenvalue weighted by molar-refractivity contribution is 9.09. The summed E-state index contributed by atoms with van der Waals surface area (Å²) < 4.78 is 27.8. The largest absolute Gasteiger partial charge is 0.279 e. The molecule has 0 aliphatic rings. The van der Waals surface area contributed by atoms with Crippen molar-refractivity contribution in [2.75, 3.05) is 4.72 Å². The fourth-order valence-corrected chi connectivity index (χ4v) is 4.61. The molecule has 3 nitrogen and oxygen atoms in total. The van der Waals surface area contributed by atoms with Gasteiger partial charge in [-0.05, 0) is 37.1 Å². The molecular weight excluding hydrogens is 358 g/mol. The molecule has 1 aromatic heterocycles. The molecule has 0 radical (unpaired) electrons. The first-order valence-electron chi connectivity index (χ1n) is 6.28. The normalized spacial score (nSPS) is 13.2. The minimum Gasteiger partial charge on any atom is -0.279 e. The first-order valence-corrected chi connectivity index (χ1v) is 9.50. The monoisotopic (exact) mass is 373 g/mol. The molecule has 0 saturated heterocycles. The second-order valence-corrected chi connectivity index (χ2v) is 8.83. The van der Waals surface area contributed by atoms with Crippen molar-refractivity contribution in [3.63, 3.8) is 0 Å². The fraction of sp³-hybridized carbons (Fsp3) is 0.286. The van der Waals surface area contributed by atoms with E-state index in [9.17, 15) is 8.42 Å². The van der Waals surface area contributed by atoms with Crippen molar-refractivity contribution in [3.8, 4) is 0 Å². The predicted molar refractivity (Wildman–Crippen MR) is 88.3 cm³/mol. The maximum atomic E-state index is 12.4. The van der Waals surface area contributed by atoms with Gasteiger partial charge in [0.2, 0.25) is 0 Å². The molecule has 6 heteroatoms. The second-order valence-electron chi connectivity index (χ2n) is 4.38. The van der Waals surface area contributed by atoms with Crippen LogP contribution in [0.1, 0.15) is 29.1 Å². The van der Waals surface area contributed by atoms with Crippen LogP contribution in [0.25, 0.3) is 0 Å². The predicted octanol–water partition coefficient (Wildman–Crippen LogP) is 4.57. The number of nitrogens with one attached hydrogen (secondary N) is 1. The van der Waals surface area contributed by atoms with E-state index in [2.05, 4.69) is 20.7 Å². The third kappa shape index (κ3) is 3.42. The van der Waals surface area contributed by atoms with Gasteiger partial charge < -0.3 is 0 Å². The number of rotatable bonds is 5. The Morgan fingerprint density at radius 3 is 2.55 bits per heavy atom. The lowest BCUT2D eigenvalue weighted by molar-refractivity contribution is 0.603. The van der Waals surface area contributed by atoms with Gasteiger partial charge in [-0.25, -0.2) is 8.42 Å². The van der Waals surface area contributed by atoms with Gasteiger partial charge in [0.25, 0.3) is 10.0 Å². The minimum atomic E-state index is -3.51. The van der Waals surface area contributed by atoms with Gasteiger partial charge in [-0.15, -0.1) is 11.3 Å². The summed E-state index contributed by atoms with van der Waals surface area (Å²) >= 11 is 4.79. The van der Waals surface area contributed by atoms with Crippen molar-refractivity contribution in [2.24, 2.45) is 0 Å². The summed E-state index contributed by atoms with van der Waals surface area (Å²) in [7, 11) is -3.51. The summed E-state index contributed by atoms with van der Waals surface area (Å²) in [5, 5.41) is 0. The highest BCUT2D eigenvalue weighted by Crippen LogP contribution is 2.31. The maximum absolute atomic E-state index is 12.4. The van der Waals surface area contributed by atoms with E-state index in [1.165, 1.54) is 11.3 Å². The summed E-state index contributed by atoms with van der Waals surface area (Å²) in [6, 6.07) is 10.9. The van der Waals surface area contributed by atoms with E-state index in [1.54, 1.807) is 12.1 Å². The molecule has 20 heavy (non-hydrogen) atoms. The molecule has 1 N–H and O–H groups in total. The summed E-state index contributed by atoms with van der Waals surface area (Å²) in [5.74, 6) is 0. The van der Waals surface area contributed by atoms with Gasteiger partial charge in [0.15, 0.2) is 0 Å². The molecule has 1 heterocycles. The van der Waals surface area contributed by atoms with E-state index in [0.717, 1.165) is 16.9 Å². The van der Waals surface area contributed by atoms with E-state index in [0.29, 0.717) is 9.90 Å². The van der Waals surface area contributed by atoms with Gasteiger partial charge in [0.1, 0.15) is 4.21 Å². The zero-order valence-corrected chi connectivity index (χ0v) is 14.5. The Hall–Kier alpha value is -0.850. The maximum Gasteiger partial charge on any atom is 0.271 e. The third-order valence-electron chi connectivity index (χ3n) is 2.88. The number of hydrogen-bond donors (Lipinski definition) is 1. The number of sulfonamides is 1. The van der Waals surface area contributed by atoms with Gasteiger partial charge in [0, 0.05) is 9.70 Å². The van der Waals surface area contributed by atoms with Crippen molar-refractivity contribution in [2.45, 2.75) is 29.3 Å². The lowest BCUT2D eigenvalue weighted by atomic mass is 10.1. The van der Waals surface area contributed by atoms with Crippen molar-refractivity contribution < 1.29 is 8.42 Å². The van der Waals surface area contributed by atoms with E-state index in [-0.39, 0.29) is 4.83 Å². The number of halogens is 1. The average molecular weight is 374 g/mol. The average Bonchev–Trinajstić information content (AvgIpc) is 2.88.